The van der Waals surface area contributed by atoms with Crippen LogP contribution in [0.1, 0.15) is 66.4 Å². The largest absolute Gasteiger partial charge is 0.491 e. The first-order chi connectivity index (χ1) is 12.0. The standard InChI is InChI=1S/C22H39NO3/c1-17(2)19-10-8-9-11-20(19)26-13-12-25-15-18(24)14-23-22(6,7)16-21(3,4)5/h8-11,17-18,23-24H,12-16H2,1-7H3. The summed E-state index contributed by atoms with van der Waals surface area (Å²) in [6.45, 7) is 17.1. The molecule has 1 aromatic rings. The maximum atomic E-state index is 10.1. The van der Waals surface area contributed by atoms with Crippen LogP contribution in [-0.4, -0.2) is 43.1 Å². The summed E-state index contributed by atoms with van der Waals surface area (Å²) in [4.78, 5) is 0. The number of hydrogen-bond acceptors (Lipinski definition) is 4. The molecule has 0 amide bonds. The van der Waals surface area contributed by atoms with E-state index >= 15 is 0 Å². The van der Waals surface area contributed by atoms with Gasteiger partial charge in [-0.1, -0.05) is 52.8 Å². The summed E-state index contributed by atoms with van der Waals surface area (Å²) in [6, 6.07) is 8.10. The number of benzene rings is 1. The monoisotopic (exact) mass is 365 g/mol. The number of para-hydroxylation sites is 1. The minimum Gasteiger partial charge on any atom is -0.491 e. The zero-order chi connectivity index (χ0) is 19.8. The van der Waals surface area contributed by atoms with Gasteiger partial charge < -0.3 is 19.9 Å². The van der Waals surface area contributed by atoms with Crippen LogP contribution in [-0.2, 0) is 4.74 Å². The fraction of sp³-hybridized carbons (Fsp3) is 0.727. The SMILES string of the molecule is CC(C)c1ccccc1OCCOCC(O)CNC(C)(C)CC(C)(C)C. The Labute approximate surface area is 160 Å². The van der Waals surface area contributed by atoms with E-state index in [4.69, 9.17) is 9.47 Å². The lowest BCUT2D eigenvalue weighted by Gasteiger charge is -2.34. The maximum absolute atomic E-state index is 10.1. The Kier molecular flexibility index (Phi) is 9.08. The van der Waals surface area contributed by atoms with Gasteiger partial charge in [0.1, 0.15) is 12.4 Å². The summed E-state index contributed by atoms with van der Waals surface area (Å²) in [6.07, 6.45) is 0.522. The minimum absolute atomic E-state index is 0.0110. The van der Waals surface area contributed by atoms with Gasteiger partial charge in [-0.2, -0.15) is 0 Å². The molecular formula is C22H39NO3. The normalized spacial score (nSPS) is 13.9. The molecule has 0 bridgehead atoms. The molecule has 0 aromatic heterocycles. The molecule has 1 rings (SSSR count). The molecule has 150 valence electrons. The number of β-amino-alcohol motifs (C(OH)–C–C–N with tert-alkyl or cyclic N) is 1. The van der Waals surface area contributed by atoms with Crippen molar-refractivity contribution in [2.75, 3.05) is 26.4 Å². The summed E-state index contributed by atoms with van der Waals surface area (Å²) in [5, 5.41) is 13.6. The summed E-state index contributed by atoms with van der Waals surface area (Å²) in [5.41, 5.74) is 1.45. The van der Waals surface area contributed by atoms with Crippen molar-refractivity contribution >= 4 is 0 Å². The van der Waals surface area contributed by atoms with Gasteiger partial charge >= 0.3 is 0 Å². The van der Waals surface area contributed by atoms with Crippen LogP contribution in [0.5, 0.6) is 5.75 Å². The highest BCUT2D eigenvalue weighted by molar-refractivity contribution is 5.35. The van der Waals surface area contributed by atoms with Crippen molar-refractivity contribution < 1.29 is 14.6 Å². The van der Waals surface area contributed by atoms with Crippen molar-refractivity contribution in [3.63, 3.8) is 0 Å². The van der Waals surface area contributed by atoms with Crippen LogP contribution >= 0.6 is 0 Å². The van der Waals surface area contributed by atoms with Crippen molar-refractivity contribution in [3.8, 4) is 5.75 Å². The van der Waals surface area contributed by atoms with Crippen LogP contribution in [0.15, 0.2) is 24.3 Å². The highest BCUT2D eigenvalue weighted by Gasteiger charge is 2.25. The molecule has 4 heteroatoms. The summed E-state index contributed by atoms with van der Waals surface area (Å²) >= 11 is 0. The summed E-state index contributed by atoms with van der Waals surface area (Å²) in [5.74, 6) is 1.34. The second-order valence-corrected chi connectivity index (χ2v) is 9.27. The number of aliphatic hydroxyl groups is 1. The summed E-state index contributed by atoms with van der Waals surface area (Å²) < 4.78 is 11.4. The predicted octanol–water partition coefficient (Wildman–Crippen LogP) is 4.37. The van der Waals surface area contributed by atoms with Crippen LogP contribution in [0.3, 0.4) is 0 Å². The van der Waals surface area contributed by atoms with Gasteiger partial charge in [0.15, 0.2) is 0 Å². The fourth-order valence-corrected chi connectivity index (χ4v) is 3.36. The molecule has 0 fully saturated rings. The molecule has 0 radical (unpaired) electrons. The lowest BCUT2D eigenvalue weighted by molar-refractivity contribution is 0.0210. The van der Waals surface area contributed by atoms with Crippen molar-refractivity contribution in [3.05, 3.63) is 29.8 Å². The molecule has 0 saturated carbocycles. The highest BCUT2D eigenvalue weighted by Crippen LogP contribution is 2.27. The van der Waals surface area contributed by atoms with E-state index < -0.39 is 6.10 Å². The van der Waals surface area contributed by atoms with Crippen molar-refractivity contribution in [2.24, 2.45) is 5.41 Å². The van der Waals surface area contributed by atoms with E-state index in [1.54, 1.807) is 0 Å². The van der Waals surface area contributed by atoms with Crippen molar-refractivity contribution in [1.29, 1.82) is 0 Å². The number of ether oxygens (including phenoxy) is 2. The van der Waals surface area contributed by atoms with Gasteiger partial charge in [-0.15, -0.1) is 0 Å². The van der Waals surface area contributed by atoms with E-state index in [1.165, 1.54) is 5.56 Å². The Morgan fingerprint density at radius 1 is 1.04 bits per heavy atom. The second-order valence-electron chi connectivity index (χ2n) is 9.27. The van der Waals surface area contributed by atoms with Crippen LogP contribution < -0.4 is 10.1 Å². The third-order valence-corrected chi connectivity index (χ3v) is 4.13. The van der Waals surface area contributed by atoms with E-state index in [0.29, 0.717) is 32.3 Å². The average Bonchev–Trinajstić information content (AvgIpc) is 2.50. The van der Waals surface area contributed by atoms with E-state index in [-0.39, 0.29) is 11.0 Å². The topological polar surface area (TPSA) is 50.7 Å². The number of hydrogen-bond donors (Lipinski definition) is 2. The van der Waals surface area contributed by atoms with Gasteiger partial charge in [-0.3, -0.25) is 0 Å². The smallest absolute Gasteiger partial charge is 0.122 e. The number of rotatable bonds is 11. The molecule has 0 heterocycles. The van der Waals surface area contributed by atoms with E-state index in [0.717, 1.165) is 12.2 Å². The second kappa shape index (κ2) is 10.3. The first-order valence-corrected chi connectivity index (χ1v) is 9.73. The molecular weight excluding hydrogens is 326 g/mol. The highest BCUT2D eigenvalue weighted by atomic mass is 16.5. The molecule has 1 aromatic carbocycles. The maximum Gasteiger partial charge on any atom is 0.122 e. The first kappa shape index (κ1) is 22.9. The van der Waals surface area contributed by atoms with Gasteiger partial charge in [0.05, 0.1) is 19.3 Å². The molecule has 1 atom stereocenters. The van der Waals surface area contributed by atoms with E-state index in [9.17, 15) is 5.11 Å². The van der Waals surface area contributed by atoms with Crippen LogP contribution in [0.25, 0.3) is 0 Å². The lowest BCUT2D eigenvalue weighted by atomic mass is 9.82. The van der Waals surface area contributed by atoms with Gasteiger partial charge in [-0.25, -0.2) is 0 Å². The van der Waals surface area contributed by atoms with Crippen LogP contribution in [0.4, 0.5) is 0 Å². The van der Waals surface area contributed by atoms with Crippen LogP contribution in [0.2, 0.25) is 0 Å². The third-order valence-electron chi connectivity index (χ3n) is 4.13. The minimum atomic E-state index is -0.516. The Bertz CT molecular complexity index is 520. The van der Waals surface area contributed by atoms with E-state index in [1.807, 2.05) is 18.2 Å². The fourth-order valence-electron chi connectivity index (χ4n) is 3.36. The molecule has 0 spiro atoms. The number of aliphatic hydroxyl groups excluding tert-OH is 1. The molecule has 0 aliphatic carbocycles. The Morgan fingerprint density at radius 3 is 2.31 bits per heavy atom. The zero-order valence-corrected chi connectivity index (χ0v) is 17.8. The molecule has 1 unspecified atom stereocenters. The molecule has 0 saturated heterocycles. The van der Waals surface area contributed by atoms with Gasteiger partial charge in [-0.05, 0) is 43.2 Å². The van der Waals surface area contributed by atoms with Gasteiger partial charge in [0, 0.05) is 12.1 Å². The predicted molar refractivity (Wildman–Crippen MR) is 109 cm³/mol. The van der Waals surface area contributed by atoms with Crippen molar-refractivity contribution in [2.45, 2.75) is 72.4 Å². The summed E-state index contributed by atoms with van der Waals surface area (Å²) in [7, 11) is 0. The van der Waals surface area contributed by atoms with E-state index in [2.05, 4.69) is 59.8 Å². The van der Waals surface area contributed by atoms with Gasteiger partial charge in [0.25, 0.3) is 0 Å². The average molecular weight is 366 g/mol. The Morgan fingerprint density at radius 2 is 1.69 bits per heavy atom. The third kappa shape index (κ3) is 9.56. The van der Waals surface area contributed by atoms with Crippen molar-refractivity contribution in [1.82, 2.24) is 5.32 Å². The molecule has 0 aliphatic rings. The van der Waals surface area contributed by atoms with Gasteiger partial charge in [0.2, 0.25) is 0 Å². The lowest BCUT2D eigenvalue weighted by Crippen LogP contribution is -2.46. The molecule has 4 nitrogen and oxygen atoms in total. The Balaban J connectivity index is 2.24. The molecule has 0 aliphatic heterocycles. The van der Waals surface area contributed by atoms with Crippen LogP contribution in [0, 0.1) is 5.41 Å². The molecule has 26 heavy (non-hydrogen) atoms. The molecule has 2 N–H and O–H groups in total. The quantitative estimate of drug-likeness (QED) is 0.572. The first-order valence-electron chi connectivity index (χ1n) is 9.73. The Hall–Kier alpha value is -1.10. The number of nitrogens with one attached hydrogen (secondary N) is 1. The zero-order valence-electron chi connectivity index (χ0n) is 17.8.